The van der Waals surface area contributed by atoms with Gasteiger partial charge in [0, 0.05) is 32.3 Å². The van der Waals surface area contributed by atoms with Crippen LogP contribution in [0.4, 0.5) is 11.5 Å². The molecule has 0 bridgehead atoms. The molecule has 0 aromatic carbocycles. The van der Waals surface area contributed by atoms with Crippen LogP contribution in [-0.4, -0.2) is 59.7 Å². The van der Waals surface area contributed by atoms with Crippen LogP contribution < -0.4 is 11.1 Å². The Morgan fingerprint density at radius 2 is 2.14 bits per heavy atom. The van der Waals surface area contributed by atoms with Crippen LogP contribution >= 0.6 is 0 Å². The third kappa shape index (κ3) is 3.82. The van der Waals surface area contributed by atoms with Gasteiger partial charge in [-0.2, -0.15) is 0 Å². The third-order valence-electron chi connectivity index (χ3n) is 3.22. The number of nitrogen functional groups attached to an aromatic ring is 1. The Morgan fingerprint density at radius 1 is 1.43 bits per heavy atom. The molecule has 4 N–H and O–H groups in total. The third-order valence-corrected chi connectivity index (χ3v) is 3.22. The molecule has 0 spiro atoms. The second kappa shape index (κ2) is 6.89. The van der Waals surface area contributed by atoms with E-state index in [9.17, 15) is 9.59 Å². The first-order valence-corrected chi connectivity index (χ1v) is 6.66. The van der Waals surface area contributed by atoms with E-state index in [1.54, 1.807) is 4.90 Å². The molecule has 114 valence electrons. The summed E-state index contributed by atoms with van der Waals surface area (Å²) in [5, 5.41) is 11.9. The minimum Gasteiger partial charge on any atom is -0.478 e. The maximum absolute atomic E-state index is 11.9. The van der Waals surface area contributed by atoms with E-state index in [0.29, 0.717) is 39.3 Å². The number of nitrogens with one attached hydrogen (secondary N) is 1. The van der Waals surface area contributed by atoms with E-state index < -0.39 is 5.97 Å². The molecule has 1 amide bonds. The van der Waals surface area contributed by atoms with Gasteiger partial charge >= 0.3 is 5.97 Å². The lowest BCUT2D eigenvalue weighted by atomic mass is 10.2. The number of anilines is 2. The molecule has 1 aromatic heterocycles. The largest absolute Gasteiger partial charge is 0.478 e. The molecule has 1 aliphatic heterocycles. The Labute approximate surface area is 121 Å². The number of rotatable bonds is 5. The fourth-order valence-electron chi connectivity index (χ4n) is 2.06. The van der Waals surface area contributed by atoms with E-state index in [1.165, 1.54) is 12.3 Å². The number of carboxylic acid groups (broad SMARTS) is 1. The topological polar surface area (TPSA) is 118 Å². The Kier molecular flexibility index (Phi) is 4.94. The molecule has 1 saturated heterocycles. The first kappa shape index (κ1) is 15.0. The number of amides is 1. The highest BCUT2D eigenvalue weighted by Gasteiger charge is 2.17. The minimum atomic E-state index is -1.11. The summed E-state index contributed by atoms with van der Waals surface area (Å²) in [7, 11) is 0. The van der Waals surface area contributed by atoms with Crippen LogP contribution in [0.15, 0.2) is 12.3 Å². The Balaban J connectivity index is 1.87. The molecule has 8 heteroatoms. The molecule has 0 atom stereocenters. The van der Waals surface area contributed by atoms with Gasteiger partial charge in [0.25, 0.3) is 0 Å². The number of hydrogen-bond acceptors (Lipinski definition) is 6. The van der Waals surface area contributed by atoms with Crippen LogP contribution in [0.3, 0.4) is 0 Å². The predicted molar refractivity (Wildman–Crippen MR) is 76.1 cm³/mol. The van der Waals surface area contributed by atoms with Crippen LogP contribution in [0, 0.1) is 0 Å². The Hall–Kier alpha value is -2.35. The highest BCUT2D eigenvalue weighted by molar-refractivity contribution is 5.96. The maximum atomic E-state index is 11.9. The van der Waals surface area contributed by atoms with Crippen molar-refractivity contribution in [3.8, 4) is 0 Å². The molecule has 0 saturated carbocycles. The average Bonchev–Trinajstić information content (AvgIpc) is 2.49. The van der Waals surface area contributed by atoms with Crippen molar-refractivity contribution in [2.75, 3.05) is 43.9 Å². The average molecular weight is 294 g/mol. The lowest BCUT2D eigenvalue weighted by Gasteiger charge is -2.26. The number of aromatic nitrogens is 1. The second-order valence-electron chi connectivity index (χ2n) is 4.60. The quantitative estimate of drug-likeness (QED) is 0.700. The van der Waals surface area contributed by atoms with Crippen molar-refractivity contribution in [3.63, 3.8) is 0 Å². The highest BCUT2D eigenvalue weighted by atomic mass is 16.5. The zero-order valence-electron chi connectivity index (χ0n) is 11.5. The van der Waals surface area contributed by atoms with Gasteiger partial charge in [-0.05, 0) is 6.07 Å². The molecule has 0 aliphatic carbocycles. The summed E-state index contributed by atoms with van der Waals surface area (Å²) in [6.45, 7) is 2.68. The first-order valence-electron chi connectivity index (χ1n) is 6.66. The van der Waals surface area contributed by atoms with Gasteiger partial charge < -0.3 is 25.8 Å². The van der Waals surface area contributed by atoms with Crippen molar-refractivity contribution >= 4 is 23.4 Å². The summed E-state index contributed by atoms with van der Waals surface area (Å²) in [6, 6.07) is 1.34. The van der Waals surface area contributed by atoms with Gasteiger partial charge in [-0.1, -0.05) is 0 Å². The van der Waals surface area contributed by atoms with Gasteiger partial charge in [-0.15, -0.1) is 0 Å². The lowest BCUT2D eigenvalue weighted by molar-refractivity contribution is -0.134. The van der Waals surface area contributed by atoms with E-state index >= 15 is 0 Å². The molecular formula is C13H18N4O4. The zero-order valence-corrected chi connectivity index (χ0v) is 11.5. The number of nitrogens with zero attached hydrogens (tertiary/aromatic N) is 2. The number of carbonyl (C=O) groups excluding carboxylic acids is 1. The molecule has 21 heavy (non-hydrogen) atoms. The predicted octanol–water partition coefficient (Wildman–Crippen LogP) is 0.0228. The van der Waals surface area contributed by atoms with E-state index in [1.807, 2.05) is 0 Å². The van der Waals surface area contributed by atoms with Crippen LogP contribution in [0.25, 0.3) is 0 Å². The van der Waals surface area contributed by atoms with Gasteiger partial charge in [0.1, 0.15) is 5.82 Å². The molecule has 0 unspecified atom stereocenters. The fourth-order valence-corrected chi connectivity index (χ4v) is 2.06. The van der Waals surface area contributed by atoms with Gasteiger partial charge in [-0.25, -0.2) is 9.78 Å². The molecule has 1 aromatic rings. The number of nitrogens with two attached hydrogens (primary N) is 1. The van der Waals surface area contributed by atoms with Gasteiger partial charge in [0.2, 0.25) is 5.91 Å². The summed E-state index contributed by atoms with van der Waals surface area (Å²) >= 11 is 0. The number of carbonyl (C=O) groups is 2. The summed E-state index contributed by atoms with van der Waals surface area (Å²) < 4.78 is 5.18. The highest BCUT2D eigenvalue weighted by Crippen LogP contribution is 2.19. The minimum absolute atomic E-state index is 0.00740. The van der Waals surface area contributed by atoms with Crippen molar-refractivity contribution < 1.29 is 19.4 Å². The molecule has 1 fully saturated rings. The zero-order chi connectivity index (χ0) is 15.2. The number of aromatic carboxylic acids is 1. The van der Waals surface area contributed by atoms with E-state index in [2.05, 4.69) is 10.3 Å². The van der Waals surface area contributed by atoms with Gasteiger partial charge in [-0.3, -0.25) is 4.79 Å². The summed E-state index contributed by atoms with van der Waals surface area (Å²) in [5.41, 5.74) is 5.79. The second-order valence-corrected chi connectivity index (χ2v) is 4.60. The van der Waals surface area contributed by atoms with Crippen molar-refractivity contribution in [1.82, 2.24) is 9.88 Å². The molecule has 1 aliphatic rings. The fraction of sp³-hybridized carbons (Fsp3) is 0.462. The van der Waals surface area contributed by atoms with Crippen LogP contribution in [0.5, 0.6) is 0 Å². The van der Waals surface area contributed by atoms with Crippen LogP contribution in [0.2, 0.25) is 0 Å². The normalized spacial score (nSPS) is 14.8. The summed E-state index contributed by atoms with van der Waals surface area (Å²) in [5.74, 6) is -0.800. The van der Waals surface area contributed by atoms with Crippen LogP contribution in [0.1, 0.15) is 16.8 Å². The summed E-state index contributed by atoms with van der Waals surface area (Å²) in [4.78, 5) is 28.6. The van der Waals surface area contributed by atoms with E-state index in [0.717, 1.165) is 0 Å². The van der Waals surface area contributed by atoms with E-state index in [4.69, 9.17) is 15.6 Å². The van der Waals surface area contributed by atoms with Crippen molar-refractivity contribution in [2.45, 2.75) is 6.42 Å². The van der Waals surface area contributed by atoms with Crippen molar-refractivity contribution in [3.05, 3.63) is 17.8 Å². The molecule has 2 heterocycles. The molecule has 0 radical (unpaired) electrons. The Bertz CT molecular complexity index is 529. The summed E-state index contributed by atoms with van der Waals surface area (Å²) in [6.07, 6.45) is 1.66. The number of hydrogen-bond donors (Lipinski definition) is 3. The first-order chi connectivity index (χ1) is 10.1. The van der Waals surface area contributed by atoms with Gasteiger partial charge in [0.15, 0.2) is 0 Å². The molecular weight excluding hydrogens is 276 g/mol. The molecule has 8 nitrogen and oxygen atoms in total. The number of ether oxygens (including phenoxy) is 1. The Morgan fingerprint density at radius 3 is 2.81 bits per heavy atom. The van der Waals surface area contributed by atoms with E-state index in [-0.39, 0.29) is 23.0 Å². The SMILES string of the molecule is Nc1c(C(=O)O)ccnc1NCCC(=O)N1CCOCC1. The van der Waals surface area contributed by atoms with Crippen molar-refractivity contribution in [2.24, 2.45) is 0 Å². The number of morpholine rings is 1. The number of carboxylic acids is 1. The molecule has 2 rings (SSSR count). The van der Waals surface area contributed by atoms with Crippen LogP contribution in [-0.2, 0) is 9.53 Å². The maximum Gasteiger partial charge on any atom is 0.337 e. The number of pyridine rings is 1. The lowest BCUT2D eigenvalue weighted by Crippen LogP contribution is -2.41. The smallest absolute Gasteiger partial charge is 0.337 e. The van der Waals surface area contributed by atoms with Crippen molar-refractivity contribution in [1.29, 1.82) is 0 Å². The monoisotopic (exact) mass is 294 g/mol. The van der Waals surface area contributed by atoms with Gasteiger partial charge in [0.05, 0.1) is 24.5 Å². The standard InChI is InChI=1S/C13H18N4O4/c14-11-9(13(19)20)1-3-15-12(11)16-4-2-10(18)17-5-7-21-8-6-17/h1,3H,2,4-8,14H2,(H,15,16)(H,19,20).